The van der Waals surface area contributed by atoms with Crippen LogP contribution in [-0.2, 0) is 0 Å². The Morgan fingerprint density at radius 2 is 1.65 bits per heavy atom. The summed E-state index contributed by atoms with van der Waals surface area (Å²) in [5.74, 6) is 0.0550. The van der Waals surface area contributed by atoms with Crippen molar-refractivity contribution < 1.29 is 13.5 Å². The van der Waals surface area contributed by atoms with Gasteiger partial charge < -0.3 is 4.74 Å². The number of fused-ring (bicyclic) bond motifs is 1. The van der Waals surface area contributed by atoms with Gasteiger partial charge in [-0.1, -0.05) is 59.6 Å². The van der Waals surface area contributed by atoms with Gasteiger partial charge in [0.25, 0.3) is 0 Å². The normalized spacial score (nSPS) is 12.1. The van der Waals surface area contributed by atoms with Crippen molar-refractivity contribution in [3.8, 4) is 5.75 Å². The number of benzene rings is 2. The van der Waals surface area contributed by atoms with Crippen LogP contribution in [0.15, 0.2) is 42.5 Å². The highest BCUT2D eigenvalue weighted by atomic mass is 35.5. The molecule has 0 bridgehead atoms. The Kier molecular flexibility index (Phi) is 3.40. The zero-order chi connectivity index (χ0) is 12.5. The van der Waals surface area contributed by atoms with Gasteiger partial charge in [-0.2, -0.15) is 8.78 Å². The molecule has 0 heterocycles. The summed E-state index contributed by atoms with van der Waals surface area (Å²) >= 11 is 10.3. The smallest absolute Gasteiger partial charge is 0.428 e. The third-order valence-electron chi connectivity index (χ3n) is 2.25. The number of hydrogen-bond acceptors (Lipinski definition) is 1. The van der Waals surface area contributed by atoms with Crippen LogP contribution in [-0.4, -0.2) is 10.9 Å². The van der Waals surface area contributed by atoms with Gasteiger partial charge in [-0.15, -0.1) is 0 Å². The first-order valence-corrected chi connectivity index (χ1v) is 5.71. The molecule has 0 aliphatic rings. The molecule has 0 aliphatic carbocycles. The maximum absolute atomic E-state index is 13.3. The molecule has 0 aliphatic heterocycles. The molecule has 90 valence electrons. The topological polar surface area (TPSA) is 9.23 Å². The predicted molar refractivity (Wildman–Crippen MR) is 65.0 cm³/mol. The Balaban J connectivity index is 2.43. The number of hydrogen-bond donors (Lipinski definition) is 0. The molecule has 0 atom stereocenters. The van der Waals surface area contributed by atoms with E-state index in [9.17, 15) is 8.78 Å². The first-order chi connectivity index (χ1) is 8.00. The van der Waals surface area contributed by atoms with Gasteiger partial charge in [-0.25, -0.2) is 0 Å². The molecule has 2 aromatic carbocycles. The molecular weight excluding hydrogens is 269 g/mol. The highest BCUT2D eigenvalue weighted by Gasteiger charge is 2.40. The second-order valence-corrected chi connectivity index (χ2v) is 4.54. The summed E-state index contributed by atoms with van der Waals surface area (Å²) in [4.78, 5) is -1.92. The van der Waals surface area contributed by atoms with Crippen molar-refractivity contribution in [2.75, 3.05) is 0 Å². The minimum absolute atomic E-state index is 0.0550. The first kappa shape index (κ1) is 12.4. The standard InChI is InChI=1S/C12H8Cl2F2O/c13-11(14)12(15,16)17-10-7-3-5-8-4-1-2-6-9(8)10/h1-7,11H. The lowest BCUT2D eigenvalue weighted by atomic mass is 10.1. The van der Waals surface area contributed by atoms with Crippen LogP contribution in [0.4, 0.5) is 8.78 Å². The van der Waals surface area contributed by atoms with Crippen LogP contribution in [0, 0.1) is 0 Å². The summed E-state index contributed by atoms with van der Waals surface area (Å²) in [7, 11) is 0. The van der Waals surface area contributed by atoms with E-state index < -0.39 is 10.9 Å². The van der Waals surface area contributed by atoms with Gasteiger partial charge in [0, 0.05) is 5.39 Å². The van der Waals surface area contributed by atoms with Crippen molar-refractivity contribution in [3.05, 3.63) is 42.5 Å². The molecule has 0 N–H and O–H groups in total. The van der Waals surface area contributed by atoms with Crippen LogP contribution in [0.3, 0.4) is 0 Å². The van der Waals surface area contributed by atoms with E-state index in [1.54, 1.807) is 30.3 Å². The molecule has 2 aromatic rings. The summed E-state index contributed by atoms with van der Waals surface area (Å²) in [6.45, 7) is 0. The second kappa shape index (κ2) is 4.67. The summed E-state index contributed by atoms with van der Waals surface area (Å²) in [5, 5.41) is 1.39. The number of alkyl halides is 4. The lowest BCUT2D eigenvalue weighted by Gasteiger charge is -2.19. The fraction of sp³-hybridized carbons (Fsp3) is 0.167. The summed E-state index contributed by atoms with van der Waals surface area (Å²) in [6.07, 6.45) is -3.62. The fourth-order valence-corrected chi connectivity index (χ4v) is 1.56. The summed E-state index contributed by atoms with van der Waals surface area (Å²) in [5.41, 5.74) is 0. The first-order valence-electron chi connectivity index (χ1n) is 4.83. The molecule has 0 radical (unpaired) electrons. The molecule has 1 nitrogen and oxygen atoms in total. The molecule has 0 saturated heterocycles. The van der Waals surface area contributed by atoms with Crippen molar-refractivity contribution >= 4 is 34.0 Å². The molecule has 2 rings (SSSR count). The van der Waals surface area contributed by atoms with Crippen LogP contribution in [0.5, 0.6) is 5.75 Å². The van der Waals surface area contributed by atoms with Crippen LogP contribution >= 0.6 is 23.2 Å². The average molecular weight is 277 g/mol. The van der Waals surface area contributed by atoms with Gasteiger partial charge in [0.05, 0.1) is 0 Å². The van der Waals surface area contributed by atoms with Gasteiger partial charge in [-0.05, 0) is 11.5 Å². The highest BCUT2D eigenvalue weighted by Crippen LogP contribution is 2.34. The molecule has 5 heteroatoms. The average Bonchev–Trinajstić information content (AvgIpc) is 2.29. The van der Waals surface area contributed by atoms with Crippen LogP contribution in [0.1, 0.15) is 0 Å². The van der Waals surface area contributed by atoms with E-state index in [4.69, 9.17) is 23.2 Å². The number of rotatable bonds is 3. The minimum atomic E-state index is -3.62. The van der Waals surface area contributed by atoms with Crippen molar-refractivity contribution in [2.45, 2.75) is 10.9 Å². The Labute approximate surface area is 107 Å². The van der Waals surface area contributed by atoms with Gasteiger partial charge in [0.1, 0.15) is 5.75 Å². The lowest BCUT2D eigenvalue weighted by molar-refractivity contribution is -0.162. The van der Waals surface area contributed by atoms with Crippen molar-refractivity contribution in [1.29, 1.82) is 0 Å². The van der Waals surface area contributed by atoms with Gasteiger partial charge in [0.2, 0.25) is 4.84 Å². The van der Waals surface area contributed by atoms with Crippen molar-refractivity contribution in [2.24, 2.45) is 0 Å². The third kappa shape index (κ3) is 2.61. The Morgan fingerprint density at radius 1 is 1.00 bits per heavy atom. The van der Waals surface area contributed by atoms with Crippen LogP contribution in [0.25, 0.3) is 10.8 Å². The summed E-state index contributed by atoms with van der Waals surface area (Å²) < 4.78 is 31.1. The maximum atomic E-state index is 13.3. The monoisotopic (exact) mass is 276 g/mol. The molecular formula is C12H8Cl2F2O. The zero-order valence-corrected chi connectivity index (χ0v) is 10.1. The van der Waals surface area contributed by atoms with E-state index in [2.05, 4.69) is 4.74 Å². The van der Waals surface area contributed by atoms with E-state index in [0.717, 1.165) is 5.39 Å². The SMILES string of the molecule is FC(F)(Oc1cccc2ccccc12)C(Cl)Cl. The van der Waals surface area contributed by atoms with Crippen LogP contribution < -0.4 is 4.74 Å². The zero-order valence-electron chi connectivity index (χ0n) is 8.54. The predicted octanol–water partition coefficient (Wildman–Crippen LogP) is 4.62. The van der Waals surface area contributed by atoms with E-state index >= 15 is 0 Å². The third-order valence-corrected chi connectivity index (χ3v) is 2.76. The molecule has 0 aromatic heterocycles. The fourth-order valence-electron chi connectivity index (χ4n) is 1.48. The van der Waals surface area contributed by atoms with Gasteiger partial charge >= 0.3 is 6.11 Å². The van der Waals surface area contributed by atoms with Gasteiger partial charge in [0.15, 0.2) is 0 Å². The minimum Gasteiger partial charge on any atom is -0.430 e. The molecule has 0 amide bonds. The Bertz CT molecular complexity index is 523. The van der Waals surface area contributed by atoms with Crippen LogP contribution in [0.2, 0.25) is 0 Å². The molecule has 0 spiro atoms. The van der Waals surface area contributed by atoms with E-state index in [-0.39, 0.29) is 5.75 Å². The highest BCUT2D eigenvalue weighted by molar-refractivity contribution is 6.44. The lowest BCUT2D eigenvalue weighted by Crippen LogP contribution is -2.32. The molecule has 0 unspecified atom stereocenters. The van der Waals surface area contributed by atoms with Crippen molar-refractivity contribution in [3.63, 3.8) is 0 Å². The Morgan fingerprint density at radius 3 is 2.35 bits per heavy atom. The molecule has 17 heavy (non-hydrogen) atoms. The van der Waals surface area contributed by atoms with E-state index in [1.807, 2.05) is 6.07 Å². The Hall–Kier alpha value is -1.06. The van der Waals surface area contributed by atoms with Crippen molar-refractivity contribution in [1.82, 2.24) is 0 Å². The van der Waals surface area contributed by atoms with E-state index in [0.29, 0.717) is 5.39 Å². The summed E-state index contributed by atoms with van der Waals surface area (Å²) in [6, 6.07) is 11.9. The molecule has 0 fully saturated rings. The van der Waals surface area contributed by atoms with E-state index in [1.165, 1.54) is 6.07 Å². The number of ether oxygens (including phenoxy) is 1. The largest absolute Gasteiger partial charge is 0.430 e. The maximum Gasteiger partial charge on any atom is 0.428 e. The number of halogens is 4. The van der Waals surface area contributed by atoms with Gasteiger partial charge in [-0.3, -0.25) is 0 Å². The molecule has 0 saturated carbocycles. The second-order valence-electron chi connectivity index (χ2n) is 3.44. The quantitative estimate of drug-likeness (QED) is 0.744.